The van der Waals surface area contributed by atoms with Crippen LogP contribution in [-0.2, 0) is 16.6 Å². The molecule has 0 radical (unpaired) electrons. The molecule has 0 saturated carbocycles. The van der Waals surface area contributed by atoms with Crippen molar-refractivity contribution in [1.82, 2.24) is 4.31 Å². The lowest BCUT2D eigenvalue weighted by Crippen LogP contribution is -2.27. The maximum absolute atomic E-state index is 12.4. The van der Waals surface area contributed by atoms with Gasteiger partial charge in [-0.3, -0.25) is 0 Å². The fraction of sp³-hybridized carbons (Fsp3) is 0.154. The van der Waals surface area contributed by atoms with E-state index in [1.807, 2.05) is 22.9 Å². The first-order valence-corrected chi connectivity index (χ1v) is 7.90. The largest absolute Gasteiger partial charge is 0.244 e. The van der Waals surface area contributed by atoms with Crippen molar-refractivity contribution in [3.63, 3.8) is 0 Å². The van der Waals surface area contributed by atoms with Crippen LogP contribution in [0.3, 0.4) is 0 Å². The number of benzene rings is 1. The second-order valence-corrected chi connectivity index (χ2v) is 6.79. The molecular formula is C13H12N2O2S2. The fourth-order valence-electron chi connectivity index (χ4n) is 1.68. The van der Waals surface area contributed by atoms with Crippen LogP contribution in [0.1, 0.15) is 11.1 Å². The maximum Gasteiger partial charge on any atom is 0.244 e. The highest BCUT2D eigenvalue weighted by Gasteiger charge is 2.23. The van der Waals surface area contributed by atoms with Crippen LogP contribution in [0.2, 0.25) is 0 Å². The predicted molar refractivity (Wildman–Crippen MR) is 74.1 cm³/mol. The predicted octanol–water partition coefficient (Wildman–Crippen LogP) is 2.44. The van der Waals surface area contributed by atoms with Gasteiger partial charge in [0.1, 0.15) is 6.07 Å². The van der Waals surface area contributed by atoms with E-state index in [9.17, 15) is 8.42 Å². The molecule has 0 saturated heterocycles. The van der Waals surface area contributed by atoms with Crippen LogP contribution in [0.25, 0.3) is 0 Å². The van der Waals surface area contributed by atoms with Gasteiger partial charge in [-0.25, -0.2) is 8.42 Å². The molecular weight excluding hydrogens is 280 g/mol. The molecule has 1 heterocycles. The summed E-state index contributed by atoms with van der Waals surface area (Å²) in [6.45, 7) is 0.297. The van der Waals surface area contributed by atoms with Gasteiger partial charge in [-0.2, -0.15) is 20.9 Å². The third-order valence-electron chi connectivity index (χ3n) is 2.68. The summed E-state index contributed by atoms with van der Waals surface area (Å²) < 4.78 is 26.1. The van der Waals surface area contributed by atoms with Crippen molar-refractivity contribution in [3.05, 3.63) is 52.2 Å². The minimum Gasteiger partial charge on any atom is -0.207 e. The summed E-state index contributed by atoms with van der Waals surface area (Å²) in [6, 6.07) is 10.0. The Hall–Kier alpha value is -1.68. The number of hydrogen-bond acceptors (Lipinski definition) is 4. The van der Waals surface area contributed by atoms with E-state index in [4.69, 9.17) is 5.26 Å². The Bertz CT molecular complexity index is 700. The lowest BCUT2D eigenvalue weighted by molar-refractivity contribution is 0.467. The van der Waals surface area contributed by atoms with Crippen molar-refractivity contribution in [3.8, 4) is 6.07 Å². The van der Waals surface area contributed by atoms with Crippen LogP contribution < -0.4 is 0 Å². The van der Waals surface area contributed by atoms with Crippen molar-refractivity contribution in [2.24, 2.45) is 0 Å². The van der Waals surface area contributed by atoms with Crippen LogP contribution in [0, 0.1) is 11.3 Å². The van der Waals surface area contributed by atoms with Crippen LogP contribution >= 0.6 is 11.3 Å². The second kappa shape index (κ2) is 5.53. The zero-order valence-corrected chi connectivity index (χ0v) is 11.9. The Morgan fingerprint density at radius 2 is 2.05 bits per heavy atom. The SMILES string of the molecule is CN(Cc1ccsc1)S(=O)(=O)c1ccccc1C#N. The first-order chi connectivity index (χ1) is 9.05. The van der Waals surface area contributed by atoms with Gasteiger partial charge in [-0.15, -0.1) is 0 Å². The first kappa shape index (κ1) is 13.7. The van der Waals surface area contributed by atoms with Gasteiger partial charge in [0.15, 0.2) is 0 Å². The fourth-order valence-corrected chi connectivity index (χ4v) is 3.63. The Labute approximate surface area is 116 Å². The normalized spacial score (nSPS) is 11.4. The molecule has 2 aromatic rings. The quantitative estimate of drug-likeness (QED) is 0.869. The molecule has 0 spiro atoms. The van der Waals surface area contributed by atoms with Crippen LogP contribution in [-0.4, -0.2) is 19.8 Å². The number of sulfonamides is 1. The van der Waals surface area contributed by atoms with E-state index in [0.717, 1.165) is 5.56 Å². The van der Waals surface area contributed by atoms with E-state index in [1.165, 1.54) is 34.8 Å². The van der Waals surface area contributed by atoms with Gasteiger partial charge in [0, 0.05) is 13.6 Å². The van der Waals surface area contributed by atoms with Gasteiger partial charge >= 0.3 is 0 Å². The van der Waals surface area contributed by atoms with Crippen molar-refractivity contribution in [2.45, 2.75) is 11.4 Å². The number of thiophene rings is 1. The number of hydrogen-bond donors (Lipinski definition) is 0. The van der Waals surface area contributed by atoms with E-state index in [2.05, 4.69) is 0 Å². The molecule has 0 unspecified atom stereocenters. The molecule has 1 aromatic carbocycles. The summed E-state index contributed by atoms with van der Waals surface area (Å²) in [6.07, 6.45) is 0. The van der Waals surface area contributed by atoms with Gasteiger partial charge in [0.25, 0.3) is 0 Å². The minimum atomic E-state index is -3.64. The van der Waals surface area contributed by atoms with Crippen molar-refractivity contribution in [1.29, 1.82) is 5.26 Å². The summed E-state index contributed by atoms with van der Waals surface area (Å²) in [4.78, 5) is 0.0511. The molecule has 6 heteroatoms. The van der Waals surface area contributed by atoms with E-state index in [1.54, 1.807) is 12.1 Å². The average molecular weight is 292 g/mol. The number of rotatable bonds is 4. The van der Waals surface area contributed by atoms with E-state index in [-0.39, 0.29) is 10.5 Å². The highest BCUT2D eigenvalue weighted by atomic mass is 32.2. The van der Waals surface area contributed by atoms with E-state index < -0.39 is 10.0 Å². The van der Waals surface area contributed by atoms with Crippen LogP contribution in [0.4, 0.5) is 0 Å². The monoisotopic (exact) mass is 292 g/mol. The Kier molecular flexibility index (Phi) is 4.00. The highest BCUT2D eigenvalue weighted by Crippen LogP contribution is 2.20. The summed E-state index contributed by atoms with van der Waals surface area (Å²) >= 11 is 1.52. The van der Waals surface area contributed by atoms with Gasteiger partial charge < -0.3 is 0 Å². The molecule has 0 bridgehead atoms. The number of nitriles is 1. The van der Waals surface area contributed by atoms with Crippen LogP contribution in [0.5, 0.6) is 0 Å². The third-order valence-corrected chi connectivity index (χ3v) is 5.27. The first-order valence-electron chi connectivity index (χ1n) is 5.52. The second-order valence-electron chi connectivity index (χ2n) is 4.00. The summed E-state index contributed by atoms with van der Waals surface area (Å²) in [7, 11) is -2.13. The van der Waals surface area contributed by atoms with Crippen LogP contribution in [0.15, 0.2) is 46.0 Å². The van der Waals surface area contributed by atoms with Crippen molar-refractivity contribution < 1.29 is 8.42 Å². The molecule has 0 fully saturated rings. The summed E-state index contributed by atoms with van der Waals surface area (Å²) in [5, 5.41) is 12.8. The molecule has 4 nitrogen and oxygen atoms in total. The van der Waals surface area contributed by atoms with Gasteiger partial charge in [-0.1, -0.05) is 12.1 Å². The molecule has 19 heavy (non-hydrogen) atoms. The molecule has 0 amide bonds. The number of nitrogens with zero attached hydrogens (tertiary/aromatic N) is 2. The Morgan fingerprint density at radius 3 is 2.68 bits per heavy atom. The van der Waals surface area contributed by atoms with E-state index in [0.29, 0.717) is 6.54 Å². The lowest BCUT2D eigenvalue weighted by atomic mass is 10.2. The third kappa shape index (κ3) is 2.84. The molecule has 0 N–H and O–H groups in total. The zero-order valence-electron chi connectivity index (χ0n) is 10.3. The van der Waals surface area contributed by atoms with Gasteiger partial charge in [0.2, 0.25) is 10.0 Å². The highest BCUT2D eigenvalue weighted by molar-refractivity contribution is 7.89. The average Bonchev–Trinajstić information content (AvgIpc) is 2.91. The molecule has 0 aliphatic rings. The zero-order chi connectivity index (χ0) is 13.9. The molecule has 1 aromatic heterocycles. The van der Waals surface area contributed by atoms with Crippen molar-refractivity contribution in [2.75, 3.05) is 7.05 Å². The maximum atomic E-state index is 12.4. The smallest absolute Gasteiger partial charge is 0.207 e. The molecule has 0 atom stereocenters. The summed E-state index contributed by atoms with van der Waals surface area (Å²) in [5.74, 6) is 0. The van der Waals surface area contributed by atoms with Crippen molar-refractivity contribution >= 4 is 21.4 Å². The topological polar surface area (TPSA) is 61.2 Å². The van der Waals surface area contributed by atoms with Gasteiger partial charge in [0.05, 0.1) is 10.5 Å². The minimum absolute atomic E-state index is 0.0511. The lowest BCUT2D eigenvalue weighted by Gasteiger charge is -2.17. The van der Waals surface area contributed by atoms with E-state index >= 15 is 0 Å². The molecule has 2 rings (SSSR count). The molecule has 98 valence electrons. The molecule has 0 aliphatic carbocycles. The Morgan fingerprint density at radius 1 is 1.32 bits per heavy atom. The van der Waals surface area contributed by atoms with Gasteiger partial charge in [-0.05, 0) is 34.5 Å². The summed E-state index contributed by atoms with van der Waals surface area (Å²) in [5.41, 5.74) is 1.10. The standard InChI is InChI=1S/C13H12N2O2S2/c1-15(9-11-6-7-18-10-11)19(16,17)13-5-3-2-4-12(13)8-14/h2-7,10H,9H2,1H3. The Balaban J connectivity index is 2.34. The molecule has 0 aliphatic heterocycles.